The number of aliphatic hydroxyl groups excluding tert-OH is 4. The van der Waals surface area contributed by atoms with E-state index in [-0.39, 0.29) is 0 Å². The number of carboxylic acids is 2. The summed E-state index contributed by atoms with van der Waals surface area (Å²) in [4.78, 5) is 20.4. The summed E-state index contributed by atoms with van der Waals surface area (Å²) < 4.78 is 0. The summed E-state index contributed by atoms with van der Waals surface area (Å²) in [6, 6.07) is 16.6. The van der Waals surface area contributed by atoms with Crippen molar-refractivity contribution in [2.45, 2.75) is 0 Å². The number of aliphatic hydroxyl groups is 4. The Morgan fingerprint density at radius 2 is 0.852 bits per heavy atom. The fourth-order valence-corrected chi connectivity index (χ4v) is 1.46. The summed E-state index contributed by atoms with van der Waals surface area (Å²) in [7, 11) is 0. The Hall–Kier alpha value is -2.78. The molecule has 2 rings (SSSR count). The third-order valence-electron chi connectivity index (χ3n) is 3.38. The molecule has 0 aliphatic rings. The molecule has 2 aromatic rings. The minimum Gasteiger partial charge on any atom is -0.478 e. The van der Waals surface area contributed by atoms with Crippen LogP contribution in [0.1, 0.15) is 20.7 Å². The average molecular weight is 380 g/mol. The minimum atomic E-state index is -1.11. The van der Waals surface area contributed by atoms with Gasteiger partial charge >= 0.3 is 11.9 Å². The van der Waals surface area contributed by atoms with Crippen LogP contribution < -0.4 is 0 Å². The Bertz CT molecular complexity index is 587. The lowest BCUT2D eigenvalue weighted by Gasteiger charge is -2.23. The number of rotatable bonds is 6. The maximum absolute atomic E-state index is 10.2. The highest BCUT2D eigenvalue weighted by atomic mass is 16.4. The van der Waals surface area contributed by atoms with Gasteiger partial charge in [0.2, 0.25) is 0 Å². The lowest BCUT2D eigenvalue weighted by molar-refractivity contribution is -0.0328. The quantitative estimate of drug-likeness (QED) is 0.428. The molecular formula is C19H24O8. The predicted molar refractivity (Wildman–Crippen MR) is 97.6 cm³/mol. The molecule has 148 valence electrons. The average Bonchev–Trinajstić information content (AvgIpc) is 2.72. The number of aromatic carboxylic acids is 2. The summed E-state index contributed by atoms with van der Waals surface area (Å²) in [5.41, 5.74) is -0.449. The SMILES string of the molecule is O=C(O)c1ccccc1.O=C(O)c1ccccc1.OCC(CO)(CO)CO. The van der Waals surface area contributed by atoms with Gasteiger partial charge in [0.1, 0.15) is 0 Å². The lowest BCUT2D eigenvalue weighted by Crippen LogP contribution is -2.37. The number of carboxylic acid groups (broad SMARTS) is 2. The molecule has 8 nitrogen and oxygen atoms in total. The van der Waals surface area contributed by atoms with Crippen LogP contribution in [0.15, 0.2) is 60.7 Å². The van der Waals surface area contributed by atoms with Crippen molar-refractivity contribution in [1.29, 1.82) is 0 Å². The highest BCUT2D eigenvalue weighted by Crippen LogP contribution is 2.11. The van der Waals surface area contributed by atoms with E-state index in [0.29, 0.717) is 11.1 Å². The minimum absolute atomic E-state index is 0.331. The molecule has 6 N–H and O–H groups in total. The fraction of sp³-hybridized carbons (Fsp3) is 0.263. The molecular weight excluding hydrogens is 356 g/mol. The van der Waals surface area contributed by atoms with Gasteiger partial charge in [0.25, 0.3) is 0 Å². The van der Waals surface area contributed by atoms with Crippen LogP contribution in [0.25, 0.3) is 0 Å². The second-order valence-electron chi connectivity index (χ2n) is 5.47. The Labute approximate surface area is 156 Å². The number of carbonyl (C=O) groups is 2. The van der Waals surface area contributed by atoms with E-state index in [1.807, 2.05) is 0 Å². The maximum Gasteiger partial charge on any atom is 0.335 e. The van der Waals surface area contributed by atoms with Gasteiger partial charge in [0.05, 0.1) is 43.0 Å². The van der Waals surface area contributed by atoms with Gasteiger partial charge in [-0.05, 0) is 24.3 Å². The monoisotopic (exact) mass is 380 g/mol. The molecule has 0 amide bonds. The topological polar surface area (TPSA) is 156 Å². The molecule has 0 radical (unpaired) electrons. The molecule has 0 fully saturated rings. The van der Waals surface area contributed by atoms with Gasteiger partial charge in [-0.1, -0.05) is 36.4 Å². The molecule has 0 atom stereocenters. The van der Waals surface area contributed by atoms with Crippen molar-refractivity contribution in [3.05, 3.63) is 71.8 Å². The van der Waals surface area contributed by atoms with Crippen LogP contribution >= 0.6 is 0 Å². The van der Waals surface area contributed by atoms with Crippen molar-refractivity contribution in [3.8, 4) is 0 Å². The smallest absolute Gasteiger partial charge is 0.335 e. The first-order chi connectivity index (χ1) is 12.9. The Balaban J connectivity index is 0.000000376. The van der Waals surface area contributed by atoms with E-state index in [1.165, 1.54) is 0 Å². The first kappa shape index (κ1) is 24.2. The van der Waals surface area contributed by atoms with Crippen LogP contribution in [0.4, 0.5) is 0 Å². The highest BCUT2D eigenvalue weighted by Gasteiger charge is 2.26. The third-order valence-corrected chi connectivity index (χ3v) is 3.38. The van der Waals surface area contributed by atoms with Crippen LogP contribution in [0.3, 0.4) is 0 Å². The second-order valence-corrected chi connectivity index (χ2v) is 5.47. The molecule has 0 saturated heterocycles. The molecule has 2 aromatic carbocycles. The summed E-state index contributed by atoms with van der Waals surface area (Å²) >= 11 is 0. The van der Waals surface area contributed by atoms with E-state index in [9.17, 15) is 9.59 Å². The van der Waals surface area contributed by atoms with Gasteiger partial charge < -0.3 is 30.6 Å². The van der Waals surface area contributed by atoms with Crippen LogP contribution in [-0.4, -0.2) is 69.0 Å². The Morgan fingerprint density at radius 3 is 0.963 bits per heavy atom. The van der Waals surface area contributed by atoms with E-state index >= 15 is 0 Å². The molecule has 8 heteroatoms. The molecule has 0 aliphatic heterocycles. The normalized spacial score (nSPS) is 9.93. The van der Waals surface area contributed by atoms with Crippen LogP contribution in [0, 0.1) is 5.41 Å². The van der Waals surface area contributed by atoms with Crippen molar-refractivity contribution in [2.24, 2.45) is 5.41 Å². The van der Waals surface area contributed by atoms with Crippen LogP contribution in [0.5, 0.6) is 0 Å². The fourth-order valence-electron chi connectivity index (χ4n) is 1.46. The molecule has 27 heavy (non-hydrogen) atoms. The van der Waals surface area contributed by atoms with E-state index in [1.54, 1.807) is 60.7 Å². The van der Waals surface area contributed by atoms with Crippen LogP contribution in [0.2, 0.25) is 0 Å². The molecule has 0 aliphatic carbocycles. The largest absolute Gasteiger partial charge is 0.478 e. The van der Waals surface area contributed by atoms with E-state index in [0.717, 1.165) is 0 Å². The molecule has 0 spiro atoms. The Morgan fingerprint density at radius 1 is 0.593 bits per heavy atom. The molecule has 0 saturated carbocycles. The van der Waals surface area contributed by atoms with Crippen molar-refractivity contribution in [3.63, 3.8) is 0 Å². The van der Waals surface area contributed by atoms with Gasteiger partial charge in [0, 0.05) is 0 Å². The number of benzene rings is 2. The van der Waals surface area contributed by atoms with Crippen molar-refractivity contribution >= 4 is 11.9 Å². The summed E-state index contributed by atoms with van der Waals surface area (Å²) in [5, 5.41) is 50.8. The summed E-state index contributed by atoms with van der Waals surface area (Å²) in [5.74, 6) is -1.76. The second kappa shape index (κ2) is 13.4. The van der Waals surface area contributed by atoms with E-state index < -0.39 is 43.8 Å². The first-order valence-electron chi connectivity index (χ1n) is 7.86. The van der Waals surface area contributed by atoms with Crippen molar-refractivity contribution < 1.29 is 40.2 Å². The van der Waals surface area contributed by atoms with Gasteiger partial charge in [-0.15, -0.1) is 0 Å². The molecule has 0 bridgehead atoms. The zero-order valence-corrected chi connectivity index (χ0v) is 14.6. The molecule has 0 unspecified atom stereocenters. The lowest BCUT2D eigenvalue weighted by atomic mass is 9.93. The number of hydrogen-bond donors (Lipinski definition) is 6. The van der Waals surface area contributed by atoms with Crippen molar-refractivity contribution in [1.82, 2.24) is 0 Å². The molecule has 0 aromatic heterocycles. The Kier molecular flexibility index (Phi) is 12.0. The van der Waals surface area contributed by atoms with Crippen LogP contribution in [-0.2, 0) is 0 Å². The maximum atomic E-state index is 10.2. The van der Waals surface area contributed by atoms with E-state index in [2.05, 4.69) is 0 Å². The molecule has 0 heterocycles. The summed E-state index contributed by atoms with van der Waals surface area (Å²) in [6.07, 6.45) is 0. The van der Waals surface area contributed by atoms with Gasteiger partial charge in [-0.3, -0.25) is 0 Å². The van der Waals surface area contributed by atoms with E-state index in [4.69, 9.17) is 30.6 Å². The zero-order valence-electron chi connectivity index (χ0n) is 14.6. The predicted octanol–water partition coefficient (Wildman–Crippen LogP) is 0.712. The summed E-state index contributed by atoms with van der Waals surface area (Å²) in [6.45, 7) is -1.62. The van der Waals surface area contributed by atoms with Crippen molar-refractivity contribution in [2.75, 3.05) is 26.4 Å². The first-order valence-corrected chi connectivity index (χ1v) is 7.86. The number of hydrogen-bond acceptors (Lipinski definition) is 6. The third kappa shape index (κ3) is 9.47. The van der Waals surface area contributed by atoms with Gasteiger partial charge in [-0.2, -0.15) is 0 Å². The van der Waals surface area contributed by atoms with Gasteiger partial charge in [-0.25, -0.2) is 9.59 Å². The standard InChI is InChI=1S/2C7H6O2.C5H12O4/c2*8-7(9)6-4-2-1-3-5-6;6-1-5(2-7,3-8)4-9/h2*1-5H,(H,8,9);6-9H,1-4H2. The zero-order chi connectivity index (χ0) is 20.7. The highest BCUT2D eigenvalue weighted by molar-refractivity contribution is 5.87. The van der Waals surface area contributed by atoms with Gasteiger partial charge in [0.15, 0.2) is 0 Å².